The maximum atomic E-state index is 11.8. The average molecular weight is 282 g/mol. The Bertz CT molecular complexity index is 394. The van der Waals surface area contributed by atoms with Crippen LogP contribution in [0.15, 0.2) is 0 Å². The second-order valence-electron chi connectivity index (χ2n) is 3.53. The number of carboxylic acid groups (broad SMARTS) is 1. The van der Waals surface area contributed by atoms with Crippen molar-refractivity contribution in [2.24, 2.45) is 0 Å². The van der Waals surface area contributed by atoms with Crippen LogP contribution in [0.3, 0.4) is 0 Å². The molecule has 106 valence electrons. The Morgan fingerprint density at radius 1 is 1.22 bits per heavy atom. The first-order valence-electron chi connectivity index (χ1n) is 5.26. The smallest absolute Gasteiger partial charge is 0.321 e. The Kier molecular flexibility index (Phi) is 6.81. The van der Waals surface area contributed by atoms with Gasteiger partial charge in [-0.15, -0.1) is 0 Å². The largest absolute Gasteiger partial charge is 0.481 e. The summed E-state index contributed by atoms with van der Waals surface area (Å²) in [5.74, 6) is -1.75. The van der Waals surface area contributed by atoms with E-state index in [9.17, 15) is 18.0 Å². The molecule has 0 bridgehead atoms. The molecule has 0 aromatic heterocycles. The number of hydrogen-bond acceptors (Lipinski definition) is 5. The Morgan fingerprint density at radius 3 is 2.22 bits per heavy atom. The third-order valence-corrected chi connectivity index (χ3v) is 3.97. The molecule has 0 aromatic rings. The van der Waals surface area contributed by atoms with Crippen molar-refractivity contribution in [1.82, 2.24) is 8.61 Å². The van der Waals surface area contributed by atoms with Gasteiger partial charge in [0.05, 0.1) is 13.0 Å². The van der Waals surface area contributed by atoms with Gasteiger partial charge in [-0.1, -0.05) is 0 Å². The first-order valence-corrected chi connectivity index (χ1v) is 6.66. The molecule has 0 aliphatic carbocycles. The summed E-state index contributed by atoms with van der Waals surface area (Å²) in [6.07, 6.45) is -0.303. The fourth-order valence-electron chi connectivity index (χ4n) is 1.08. The number of aliphatic carboxylic acids is 1. The minimum absolute atomic E-state index is 0.162. The van der Waals surface area contributed by atoms with Crippen LogP contribution in [-0.4, -0.2) is 67.9 Å². The topological polar surface area (TPSA) is 104 Å². The molecule has 0 aliphatic heterocycles. The Balaban J connectivity index is 4.51. The van der Waals surface area contributed by atoms with Crippen molar-refractivity contribution in [1.29, 1.82) is 0 Å². The van der Waals surface area contributed by atoms with Crippen LogP contribution in [0.1, 0.15) is 13.3 Å². The molecule has 0 spiro atoms. The van der Waals surface area contributed by atoms with Gasteiger partial charge in [-0.05, 0) is 6.92 Å². The summed E-state index contributed by atoms with van der Waals surface area (Å²) in [5.41, 5.74) is 0. The van der Waals surface area contributed by atoms with E-state index in [4.69, 9.17) is 5.11 Å². The predicted octanol–water partition coefficient (Wildman–Crippen LogP) is -0.867. The van der Waals surface area contributed by atoms with Crippen LogP contribution in [0, 0.1) is 0 Å². The number of esters is 1. The highest BCUT2D eigenvalue weighted by molar-refractivity contribution is 7.86. The molecule has 0 heterocycles. The molecule has 0 amide bonds. The molecule has 0 saturated heterocycles. The molecule has 0 saturated carbocycles. The Labute approximate surface area is 106 Å². The van der Waals surface area contributed by atoms with E-state index in [0.29, 0.717) is 0 Å². The minimum Gasteiger partial charge on any atom is -0.481 e. The fraction of sp³-hybridized carbons (Fsp3) is 0.778. The van der Waals surface area contributed by atoms with Gasteiger partial charge in [0.25, 0.3) is 10.2 Å². The van der Waals surface area contributed by atoms with Crippen LogP contribution < -0.4 is 0 Å². The SMILES string of the molecule is CCOC(=O)CN(C)S(=O)(=O)N(C)CCC(=O)O. The number of likely N-dealkylation sites (N-methyl/N-ethyl adjacent to an activating group) is 1. The summed E-state index contributed by atoms with van der Waals surface area (Å²) in [6, 6.07) is 0. The van der Waals surface area contributed by atoms with Crippen LogP contribution in [0.5, 0.6) is 0 Å². The van der Waals surface area contributed by atoms with Gasteiger partial charge in [0.1, 0.15) is 6.54 Å². The first-order chi connectivity index (χ1) is 8.21. The number of carbonyl (C=O) groups is 2. The zero-order chi connectivity index (χ0) is 14.3. The van der Waals surface area contributed by atoms with Crippen molar-refractivity contribution in [3.05, 3.63) is 0 Å². The van der Waals surface area contributed by atoms with Gasteiger partial charge in [0.2, 0.25) is 0 Å². The van der Waals surface area contributed by atoms with Crippen molar-refractivity contribution < 1.29 is 27.9 Å². The molecular formula is C9H18N2O6S. The van der Waals surface area contributed by atoms with Gasteiger partial charge in [0.15, 0.2) is 0 Å². The molecule has 0 rings (SSSR count). The highest BCUT2D eigenvalue weighted by Gasteiger charge is 2.26. The molecule has 0 aliphatic rings. The summed E-state index contributed by atoms with van der Waals surface area (Å²) in [6.45, 7) is 1.21. The summed E-state index contributed by atoms with van der Waals surface area (Å²) >= 11 is 0. The molecule has 1 N–H and O–H groups in total. The monoisotopic (exact) mass is 282 g/mol. The van der Waals surface area contributed by atoms with E-state index < -0.39 is 28.7 Å². The zero-order valence-electron chi connectivity index (χ0n) is 10.6. The van der Waals surface area contributed by atoms with Crippen LogP contribution >= 0.6 is 0 Å². The van der Waals surface area contributed by atoms with Crippen LogP contribution in [0.4, 0.5) is 0 Å². The first kappa shape index (κ1) is 16.8. The number of nitrogens with zero attached hydrogens (tertiary/aromatic N) is 2. The molecule has 18 heavy (non-hydrogen) atoms. The summed E-state index contributed by atoms with van der Waals surface area (Å²) in [4.78, 5) is 21.5. The van der Waals surface area contributed by atoms with Gasteiger partial charge in [0, 0.05) is 20.6 Å². The molecule has 0 atom stereocenters. The average Bonchev–Trinajstić information content (AvgIpc) is 2.25. The molecule has 9 heteroatoms. The summed E-state index contributed by atoms with van der Waals surface area (Å²) < 4.78 is 30.0. The number of carbonyl (C=O) groups excluding carboxylic acids is 1. The van der Waals surface area contributed by atoms with E-state index in [1.165, 1.54) is 14.1 Å². The predicted molar refractivity (Wildman–Crippen MR) is 63.1 cm³/mol. The molecule has 8 nitrogen and oxygen atoms in total. The van der Waals surface area contributed by atoms with E-state index in [0.717, 1.165) is 8.61 Å². The van der Waals surface area contributed by atoms with Crippen molar-refractivity contribution in [3.8, 4) is 0 Å². The van der Waals surface area contributed by atoms with Crippen molar-refractivity contribution in [2.75, 3.05) is 33.8 Å². The quantitative estimate of drug-likeness (QED) is 0.580. The molecular weight excluding hydrogens is 264 g/mol. The van der Waals surface area contributed by atoms with Gasteiger partial charge in [-0.2, -0.15) is 17.0 Å². The number of hydrogen-bond donors (Lipinski definition) is 1. The fourth-order valence-corrected chi connectivity index (χ4v) is 2.14. The molecule has 0 radical (unpaired) electrons. The third-order valence-electron chi connectivity index (χ3n) is 2.09. The van der Waals surface area contributed by atoms with Gasteiger partial charge >= 0.3 is 11.9 Å². The Hall–Kier alpha value is -1.19. The second kappa shape index (κ2) is 7.29. The number of ether oxygens (including phenoxy) is 1. The Morgan fingerprint density at radius 2 is 1.78 bits per heavy atom. The lowest BCUT2D eigenvalue weighted by Crippen LogP contribution is -2.43. The minimum atomic E-state index is -3.85. The van der Waals surface area contributed by atoms with E-state index in [2.05, 4.69) is 4.74 Å². The molecule has 0 fully saturated rings. The highest BCUT2D eigenvalue weighted by Crippen LogP contribution is 2.04. The maximum absolute atomic E-state index is 11.8. The normalized spacial score (nSPS) is 11.8. The standard InChI is InChI=1S/C9H18N2O6S/c1-4-17-9(14)7-11(3)18(15,16)10(2)6-5-8(12)13/h4-7H2,1-3H3,(H,12,13). The maximum Gasteiger partial charge on any atom is 0.321 e. The van der Waals surface area contributed by atoms with E-state index in [1.54, 1.807) is 6.92 Å². The van der Waals surface area contributed by atoms with E-state index >= 15 is 0 Å². The van der Waals surface area contributed by atoms with Crippen molar-refractivity contribution in [3.63, 3.8) is 0 Å². The number of carboxylic acids is 1. The summed E-state index contributed by atoms with van der Waals surface area (Å²) in [5, 5.41) is 8.47. The third kappa shape index (κ3) is 5.43. The van der Waals surface area contributed by atoms with Crippen LogP contribution in [0.2, 0.25) is 0 Å². The lowest BCUT2D eigenvalue weighted by atomic mass is 10.4. The zero-order valence-corrected chi connectivity index (χ0v) is 11.4. The lowest BCUT2D eigenvalue weighted by Gasteiger charge is -2.23. The lowest BCUT2D eigenvalue weighted by molar-refractivity contribution is -0.143. The summed E-state index contributed by atoms with van der Waals surface area (Å²) in [7, 11) is -1.37. The highest BCUT2D eigenvalue weighted by atomic mass is 32.2. The van der Waals surface area contributed by atoms with E-state index in [1.807, 2.05) is 0 Å². The van der Waals surface area contributed by atoms with Crippen molar-refractivity contribution >= 4 is 22.1 Å². The van der Waals surface area contributed by atoms with Gasteiger partial charge in [-0.25, -0.2) is 0 Å². The second-order valence-corrected chi connectivity index (χ2v) is 5.68. The van der Waals surface area contributed by atoms with E-state index in [-0.39, 0.29) is 19.6 Å². The number of rotatable bonds is 8. The molecule has 0 unspecified atom stereocenters. The van der Waals surface area contributed by atoms with Crippen LogP contribution in [-0.2, 0) is 24.5 Å². The van der Waals surface area contributed by atoms with Crippen LogP contribution in [0.25, 0.3) is 0 Å². The van der Waals surface area contributed by atoms with Gasteiger partial charge < -0.3 is 9.84 Å². The molecule has 0 aromatic carbocycles. The van der Waals surface area contributed by atoms with Crippen molar-refractivity contribution in [2.45, 2.75) is 13.3 Å². The van der Waals surface area contributed by atoms with Gasteiger partial charge in [-0.3, -0.25) is 9.59 Å².